The number of esters is 1. The zero-order chi connectivity index (χ0) is 21.0. The van der Waals surface area contributed by atoms with Gasteiger partial charge in [0.1, 0.15) is 5.75 Å². The van der Waals surface area contributed by atoms with Crippen LogP contribution >= 0.6 is 0 Å². The number of aromatic nitrogens is 2. The number of ether oxygens (including phenoxy) is 2. The predicted molar refractivity (Wildman–Crippen MR) is 100 cm³/mol. The SMILES string of the molecule is CCOC(=O)c1ccc(Cc2cnc(C(F)(F)F)n2-c2ccc(OC)cc2)cc1. The molecule has 3 aromatic rings. The Morgan fingerprint density at radius 3 is 2.28 bits per heavy atom. The lowest BCUT2D eigenvalue weighted by molar-refractivity contribution is -0.146. The average Bonchev–Trinajstić information content (AvgIpc) is 3.13. The average molecular weight is 404 g/mol. The quantitative estimate of drug-likeness (QED) is 0.561. The maximum atomic E-state index is 13.5. The van der Waals surface area contributed by atoms with Crippen LogP contribution in [0.3, 0.4) is 0 Å². The molecule has 0 atom stereocenters. The largest absolute Gasteiger partial charge is 0.497 e. The molecule has 0 bridgehead atoms. The molecule has 0 unspecified atom stereocenters. The number of alkyl halides is 3. The highest BCUT2D eigenvalue weighted by Gasteiger charge is 2.37. The van der Waals surface area contributed by atoms with Crippen molar-refractivity contribution in [2.45, 2.75) is 19.5 Å². The van der Waals surface area contributed by atoms with Gasteiger partial charge in [0.05, 0.1) is 19.3 Å². The number of benzene rings is 2. The van der Waals surface area contributed by atoms with E-state index in [9.17, 15) is 18.0 Å². The monoisotopic (exact) mass is 404 g/mol. The highest BCUT2D eigenvalue weighted by molar-refractivity contribution is 5.89. The first-order valence-corrected chi connectivity index (χ1v) is 8.87. The number of halogens is 3. The van der Waals surface area contributed by atoms with Crippen molar-refractivity contribution < 1.29 is 27.4 Å². The first-order valence-electron chi connectivity index (χ1n) is 8.87. The van der Waals surface area contributed by atoms with Crippen molar-refractivity contribution in [3.05, 3.63) is 77.4 Å². The summed E-state index contributed by atoms with van der Waals surface area (Å²) in [5.74, 6) is -0.902. The van der Waals surface area contributed by atoms with Crippen LogP contribution in [0.5, 0.6) is 5.75 Å². The second-order valence-corrected chi connectivity index (χ2v) is 6.20. The molecule has 8 heteroatoms. The molecule has 1 heterocycles. The molecule has 0 fully saturated rings. The van der Waals surface area contributed by atoms with Crippen LogP contribution in [0.4, 0.5) is 13.2 Å². The summed E-state index contributed by atoms with van der Waals surface area (Å²) in [5, 5.41) is 0. The Bertz CT molecular complexity index is 978. The minimum Gasteiger partial charge on any atom is -0.497 e. The lowest BCUT2D eigenvalue weighted by Crippen LogP contribution is -2.15. The lowest BCUT2D eigenvalue weighted by atomic mass is 10.1. The van der Waals surface area contributed by atoms with Gasteiger partial charge in [0, 0.05) is 24.0 Å². The van der Waals surface area contributed by atoms with Gasteiger partial charge in [0.25, 0.3) is 0 Å². The van der Waals surface area contributed by atoms with Crippen molar-refractivity contribution in [1.82, 2.24) is 9.55 Å². The minimum absolute atomic E-state index is 0.207. The molecule has 0 saturated heterocycles. The molecule has 0 radical (unpaired) electrons. The number of rotatable bonds is 6. The van der Waals surface area contributed by atoms with Crippen LogP contribution in [0.2, 0.25) is 0 Å². The smallest absolute Gasteiger partial charge is 0.450 e. The molecule has 0 N–H and O–H groups in total. The predicted octanol–water partition coefficient (Wildman–Crippen LogP) is 4.67. The van der Waals surface area contributed by atoms with Gasteiger partial charge in [-0.1, -0.05) is 12.1 Å². The molecule has 0 amide bonds. The van der Waals surface area contributed by atoms with Crippen molar-refractivity contribution in [3.63, 3.8) is 0 Å². The van der Waals surface area contributed by atoms with Gasteiger partial charge in [0.2, 0.25) is 5.82 Å². The van der Waals surface area contributed by atoms with E-state index in [0.717, 1.165) is 10.1 Å². The Morgan fingerprint density at radius 2 is 1.72 bits per heavy atom. The number of hydrogen-bond donors (Lipinski definition) is 0. The van der Waals surface area contributed by atoms with Crippen molar-refractivity contribution in [1.29, 1.82) is 0 Å². The topological polar surface area (TPSA) is 53.3 Å². The Kier molecular flexibility index (Phi) is 5.91. The Balaban J connectivity index is 1.95. The minimum atomic E-state index is -4.61. The summed E-state index contributed by atoms with van der Waals surface area (Å²) in [6, 6.07) is 12.8. The van der Waals surface area contributed by atoms with Gasteiger partial charge in [-0.15, -0.1) is 0 Å². The first-order chi connectivity index (χ1) is 13.8. The highest BCUT2D eigenvalue weighted by Crippen LogP contribution is 2.32. The van der Waals surface area contributed by atoms with Crippen LogP contribution in [0.1, 0.15) is 34.4 Å². The summed E-state index contributed by atoms with van der Waals surface area (Å²) in [5.41, 5.74) is 1.82. The molecule has 0 aliphatic rings. The summed E-state index contributed by atoms with van der Waals surface area (Å²) in [7, 11) is 1.48. The van der Waals surface area contributed by atoms with Crippen molar-refractivity contribution in [2.24, 2.45) is 0 Å². The lowest BCUT2D eigenvalue weighted by Gasteiger charge is -2.14. The van der Waals surface area contributed by atoms with E-state index in [4.69, 9.17) is 9.47 Å². The highest BCUT2D eigenvalue weighted by atomic mass is 19.4. The van der Waals surface area contributed by atoms with Gasteiger partial charge >= 0.3 is 12.1 Å². The first kappa shape index (κ1) is 20.4. The van der Waals surface area contributed by atoms with Crippen LogP contribution in [0.25, 0.3) is 5.69 Å². The third-order valence-corrected chi connectivity index (χ3v) is 4.27. The molecule has 152 valence electrons. The molecular weight excluding hydrogens is 385 g/mol. The number of methoxy groups -OCH3 is 1. The fraction of sp³-hybridized carbons (Fsp3) is 0.238. The third-order valence-electron chi connectivity index (χ3n) is 4.27. The van der Waals surface area contributed by atoms with Gasteiger partial charge in [0.15, 0.2) is 0 Å². The number of hydrogen-bond acceptors (Lipinski definition) is 4. The standard InChI is InChI=1S/C21H19F3N2O3/c1-3-29-19(27)15-6-4-14(5-7-15)12-17-13-25-20(21(22,23)24)26(17)16-8-10-18(28-2)11-9-16/h4-11,13H,3,12H2,1-2H3. The Hall–Kier alpha value is -3.29. The summed E-state index contributed by atoms with van der Waals surface area (Å²) in [6.45, 7) is 1.98. The molecule has 29 heavy (non-hydrogen) atoms. The number of carbonyl (C=O) groups is 1. The van der Waals surface area contributed by atoms with E-state index in [1.165, 1.54) is 13.3 Å². The second kappa shape index (κ2) is 8.38. The fourth-order valence-corrected chi connectivity index (χ4v) is 2.91. The summed E-state index contributed by atoms with van der Waals surface area (Å²) >= 11 is 0. The third kappa shape index (κ3) is 4.59. The van der Waals surface area contributed by atoms with Gasteiger partial charge < -0.3 is 9.47 Å². The van der Waals surface area contributed by atoms with E-state index in [1.807, 2.05) is 0 Å². The molecule has 5 nitrogen and oxygen atoms in total. The molecule has 3 rings (SSSR count). The molecule has 2 aromatic carbocycles. The molecule has 0 spiro atoms. The Morgan fingerprint density at radius 1 is 1.07 bits per heavy atom. The van der Waals surface area contributed by atoms with Gasteiger partial charge in [-0.25, -0.2) is 9.78 Å². The molecular formula is C21H19F3N2O3. The van der Waals surface area contributed by atoms with Crippen LogP contribution in [-0.4, -0.2) is 29.2 Å². The van der Waals surface area contributed by atoms with Gasteiger partial charge in [-0.2, -0.15) is 13.2 Å². The van der Waals surface area contributed by atoms with E-state index in [2.05, 4.69) is 4.98 Å². The Labute approximate surface area is 165 Å². The van der Waals surface area contributed by atoms with Crippen LogP contribution in [-0.2, 0) is 17.3 Å². The maximum absolute atomic E-state index is 13.5. The number of carbonyl (C=O) groups excluding carboxylic acids is 1. The zero-order valence-electron chi connectivity index (χ0n) is 15.9. The van der Waals surface area contributed by atoms with Crippen molar-refractivity contribution in [3.8, 4) is 11.4 Å². The van der Waals surface area contributed by atoms with Gasteiger partial charge in [-0.3, -0.25) is 4.57 Å². The van der Waals surface area contributed by atoms with E-state index in [1.54, 1.807) is 55.5 Å². The summed E-state index contributed by atoms with van der Waals surface area (Å²) in [6.07, 6.45) is -3.18. The van der Waals surface area contributed by atoms with Crippen molar-refractivity contribution >= 4 is 5.97 Å². The van der Waals surface area contributed by atoms with Crippen LogP contribution in [0, 0.1) is 0 Å². The van der Waals surface area contributed by atoms with Crippen LogP contribution in [0.15, 0.2) is 54.7 Å². The summed E-state index contributed by atoms with van der Waals surface area (Å²) in [4.78, 5) is 15.4. The van der Waals surface area contributed by atoms with E-state index in [0.29, 0.717) is 22.7 Å². The molecule has 0 saturated carbocycles. The molecule has 0 aliphatic carbocycles. The fourth-order valence-electron chi connectivity index (χ4n) is 2.91. The van der Waals surface area contributed by atoms with E-state index >= 15 is 0 Å². The van der Waals surface area contributed by atoms with Gasteiger partial charge in [-0.05, 0) is 48.9 Å². The van der Waals surface area contributed by atoms with E-state index in [-0.39, 0.29) is 13.0 Å². The van der Waals surface area contributed by atoms with E-state index < -0.39 is 18.0 Å². The second-order valence-electron chi connectivity index (χ2n) is 6.20. The normalized spacial score (nSPS) is 11.3. The van der Waals surface area contributed by atoms with Crippen LogP contribution < -0.4 is 4.74 Å². The molecule has 1 aromatic heterocycles. The summed E-state index contributed by atoms with van der Waals surface area (Å²) < 4.78 is 51.5. The molecule has 0 aliphatic heterocycles. The van der Waals surface area contributed by atoms with Crippen molar-refractivity contribution in [2.75, 3.05) is 13.7 Å². The number of imidazole rings is 1. The zero-order valence-corrected chi connectivity index (χ0v) is 15.9. The maximum Gasteiger partial charge on any atom is 0.450 e. The number of nitrogens with zero attached hydrogens (tertiary/aromatic N) is 2.